The summed E-state index contributed by atoms with van der Waals surface area (Å²) in [6.45, 7) is 6.43. The lowest BCUT2D eigenvalue weighted by Gasteiger charge is -2.26. The number of hydrogen-bond donors (Lipinski definition) is 1. The molecule has 6 nitrogen and oxygen atoms in total. The van der Waals surface area contributed by atoms with E-state index in [0.29, 0.717) is 19.5 Å². The summed E-state index contributed by atoms with van der Waals surface area (Å²) in [6.07, 6.45) is 2.61. The van der Waals surface area contributed by atoms with E-state index in [1.54, 1.807) is 0 Å². The average molecular weight is 356 g/mol. The quantitative estimate of drug-likeness (QED) is 0.857. The van der Waals surface area contributed by atoms with Crippen LogP contribution < -0.4 is 5.32 Å². The van der Waals surface area contributed by atoms with E-state index in [2.05, 4.69) is 10.2 Å². The minimum absolute atomic E-state index is 0.0128. The second-order valence-electron chi connectivity index (χ2n) is 6.97. The first-order valence-corrected chi connectivity index (χ1v) is 9.35. The fourth-order valence-corrected chi connectivity index (χ4v) is 3.85. The average Bonchev–Trinajstić information content (AvgIpc) is 3.19. The van der Waals surface area contributed by atoms with E-state index in [1.807, 2.05) is 66.9 Å². The molecule has 1 aliphatic rings. The molecule has 0 bridgehead atoms. The number of nitrogens with one attached hydrogen (secondary N) is 1. The molecule has 1 aromatic carbocycles. The standard InChI is InChI=1S/C20H28N4O2/c1-4-23(5-2)20(26)18-12-16(13-22(18)3)21-19(25)14-24-11-10-15-8-6-7-9-17(15)24/h6-11,16,18H,4-5,12-14H2,1-3H3,(H,21,25)/t16-,18+/m1/s1. The minimum Gasteiger partial charge on any atom is -0.350 e. The fourth-order valence-electron chi connectivity index (χ4n) is 3.85. The number of nitrogens with zero attached hydrogens (tertiary/aromatic N) is 3. The van der Waals surface area contributed by atoms with Crippen molar-refractivity contribution in [1.29, 1.82) is 0 Å². The molecule has 1 saturated heterocycles. The third kappa shape index (κ3) is 3.75. The summed E-state index contributed by atoms with van der Waals surface area (Å²) >= 11 is 0. The van der Waals surface area contributed by atoms with Crippen molar-refractivity contribution in [2.24, 2.45) is 0 Å². The Morgan fingerprint density at radius 2 is 1.92 bits per heavy atom. The number of likely N-dealkylation sites (tertiary alicyclic amines) is 1. The second kappa shape index (κ2) is 7.91. The summed E-state index contributed by atoms with van der Waals surface area (Å²) in [4.78, 5) is 29.0. The molecule has 140 valence electrons. The number of benzene rings is 1. The van der Waals surface area contributed by atoms with Crippen LogP contribution in [0.2, 0.25) is 0 Å². The Labute approximate surface area is 154 Å². The van der Waals surface area contributed by atoms with Crippen molar-refractivity contribution in [3.05, 3.63) is 36.5 Å². The summed E-state index contributed by atoms with van der Waals surface area (Å²) < 4.78 is 1.96. The lowest BCUT2D eigenvalue weighted by Crippen LogP contribution is -2.44. The summed E-state index contributed by atoms with van der Waals surface area (Å²) in [7, 11) is 1.96. The molecule has 2 heterocycles. The van der Waals surface area contributed by atoms with Gasteiger partial charge in [0, 0.05) is 37.4 Å². The number of carbonyl (C=O) groups excluding carboxylic acids is 2. The topological polar surface area (TPSA) is 57.6 Å². The summed E-state index contributed by atoms with van der Waals surface area (Å²) in [5.41, 5.74) is 1.06. The molecular formula is C20H28N4O2. The van der Waals surface area contributed by atoms with Gasteiger partial charge in [-0.15, -0.1) is 0 Å². The number of rotatable bonds is 6. The Balaban J connectivity index is 1.59. The van der Waals surface area contributed by atoms with Crippen LogP contribution in [0, 0.1) is 0 Å². The molecule has 26 heavy (non-hydrogen) atoms. The highest BCUT2D eigenvalue weighted by Crippen LogP contribution is 2.19. The van der Waals surface area contributed by atoms with Crippen LogP contribution in [0.3, 0.4) is 0 Å². The predicted molar refractivity (Wildman–Crippen MR) is 103 cm³/mol. The van der Waals surface area contributed by atoms with Gasteiger partial charge in [-0.05, 0) is 44.8 Å². The Hall–Kier alpha value is -2.34. The van der Waals surface area contributed by atoms with E-state index in [4.69, 9.17) is 0 Å². The van der Waals surface area contributed by atoms with Crippen LogP contribution >= 0.6 is 0 Å². The Kier molecular flexibility index (Phi) is 5.61. The lowest BCUT2D eigenvalue weighted by molar-refractivity contribution is -0.135. The van der Waals surface area contributed by atoms with Crippen molar-refractivity contribution >= 4 is 22.7 Å². The molecule has 2 aromatic rings. The van der Waals surface area contributed by atoms with Gasteiger partial charge in [0.1, 0.15) is 6.54 Å². The summed E-state index contributed by atoms with van der Waals surface area (Å²) in [5, 5.41) is 4.23. The van der Waals surface area contributed by atoms with Gasteiger partial charge < -0.3 is 14.8 Å². The molecule has 0 unspecified atom stereocenters. The van der Waals surface area contributed by atoms with E-state index in [-0.39, 0.29) is 23.9 Å². The number of aromatic nitrogens is 1. The van der Waals surface area contributed by atoms with E-state index in [9.17, 15) is 9.59 Å². The molecule has 3 rings (SSSR count). The highest BCUT2D eigenvalue weighted by Gasteiger charge is 2.36. The van der Waals surface area contributed by atoms with Crippen LogP contribution in [0.5, 0.6) is 0 Å². The third-order valence-electron chi connectivity index (χ3n) is 5.27. The number of fused-ring (bicyclic) bond motifs is 1. The SMILES string of the molecule is CCN(CC)C(=O)[C@@H]1C[C@@H](NC(=O)Cn2ccc3ccccc32)CN1C. The van der Waals surface area contributed by atoms with E-state index < -0.39 is 0 Å². The van der Waals surface area contributed by atoms with Gasteiger partial charge in [0.2, 0.25) is 11.8 Å². The van der Waals surface area contributed by atoms with Crippen molar-refractivity contribution in [2.75, 3.05) is 26.7 Å². The van der Waals surface area contributed by atoms with Gasteiger partial charge in [-0.1, -0.05) is 18.2 Å². The lowest BCUT2D eigenvalue weighted by atomic mass is 10.1. The third-order valence-corrected chi connectivity index (χ3v) is 5.27. The smallest absolute Gasteiger partial charge is 0.240 e. The maximum atomic E-state index is 12.6. The second-order valence-corrected chi connectivity index (χ2v) is 6.97. The van der Waals surface area contributed by atoms with Crippen molar-refractivity contribution in [3.63, 3.8) is 0 Å². The first-order valence-electron chi connectivity index (χ1n) is 9.35. The summed E-state index contributed by atoms with van der Waals surface area (Å²) in [6, 6.07) is 9.92. The van der Waals surface area contributed by atoms with Gasteiger partial charge in [-0.25, -0.2) is 0 Å². The molecule has 2 atom stereocenters. The zero-order chi connectivity index (χ0) is 18.7. The minimum atomic E-state index is -0.146. The monoisotopic (exact) mass is 356 g/mol. The van der Waals surface area contributed by atoms with E-state index >= 15 is 0 Å². The molecule has 1 N–H and O–H groups in total. The van der Waals surface area contributed by atoms with Crippen molar-refractivity contribution in [3.8, 4) is 0 Å². The highest BCUT2D eigenvalue weighted by molar-refractivity contribution is 5.84. The largest absolute Gasteiger partial charge is 0.350 e. The first kappa shape index (κ1) is 18.5. The Bertz CT molecular complexity index is 781. The molecule has 6 heteroatoms. The zero-order valence-electron chi connectivity index (χ0n) is 15.8. The number of para-hydroxylation sites is 1. The molecule has 1 aromatic heterocycles. The molecule has 2 amide bonds. The van der Waals surface area contributed by atoms with E-state index in [0.717, 1.165) is 24.0 Å². The molecule has 0 aliphatic carbocycles. The predicted octanol–water partition coefficient (Wildman–Crippen LogP) is 1.70. The molecule has 1 aliphatic heterocycles. The van der Waals surface area contributed by atoms with Crippen LogP contribution in [0.4, 0.5) is 0 Å². The van der Waals surface area contributed by atoms with E-state index in [1.165, 1.54) is 0 Å². The molecule has 1 fully saturated rings. The van der Waals surface area contributed by atoms with Crippen LogP contribution in [-0.4, -0.2) is 64.9 Å². The van der Waals surface area contributed by atoms with Gasteiger partial charge in [0.15, 0.2) is 0 Å². The summed E-state index contributed by atoms with van der Waals surface area (Å²) in [5.74, 6) is 0.145. The molecule has 0 saturated carbocycles. The van der Waals surface area contributed by atoms with Crippen molar-refractivity contribution < 1.29 is 9.59 Å². The van der Waals surface area contributed by atoms with Crippen molar-refractivity contribution in [2.45, 2.75) is 38.9 Å². The van der Waals surface area contributed by atoms with Crippen LogP contribution in [0.25, 0.3) is 10.9 Å². The van der Waals surface area contributed by atoms with Gasteiger partial charge >= 0.3 is 0 Å². The Morgan fingerprint density at radius 3 is 2.65 bits per heavy atom. The zero-order valence-corrected chi connectivity index (χ0v) is 15.8. The number of likely N-dealkylation sites (N-methyl/N-ethyl adjacent to an activating group) is 2. The highest BCUT2D eigenvalue weighted by atomic mass is 16.2. The molecule has 0 radical (unpaired) electrons. The normalized spacial score (nSPS) is 20.4. The van der Waals surface area contributed by atoms with Crippen molar-refractivity contribution in [1.82, 2.24) is 19.7 Å². The van der Waals surface area contributed by atoms with Gasteiger partial charge in [0.05, 0.1) is 6.04 Å². The Morgan fingerprint density at radius 1 is 1.19 bits per heavy atom. The van der Waals surface area contributed by atoms with Crippen LogP contribution in [0.1, 0.15) is 20.3 Å². The molecular weight excluding hydrogens is 328 g/mol. The maximum Gasteiger partial charge on any atom is 0.240 e. The van der Waals surface area contributed by atoms with Gasteiger partial charge in [-0.2, -0.15) is 0 Å². The number of hydrogen-bond acceptors (Lipinski definition) is 3. The number of amides is 2. The van der Waals surface area contributed by atoms with Crippen LogP contribution in [-0.2, 0) is 16.1 Å². The number of carbonyl (C=O) groups is 2. The van der Waals surface area contributed by atoms with Gasteiger partial charge in [-0.3, -0.25) is 14.5 Å². The first-order chi connectivity index (χ1) is 12.5. The fraction of sp³-hybridized carbons (Fsp3) is 0.500. The van der Waals surface area contributed by atoms with Crippen LogP contribution in [0.15, 0.2) is 36.5 Å². The van der Waals surface area contributed by atoms with Gasteiger partial charge in [0.25, 0.3) is 0 Å². The molecule has 0 spiro atoms. The maximum absolute atomic E-state index is 12.6.